The Labute approximate surface area is 317 Å². The van der Waals surface area contributed by atoms with E-state index in [0.717, 1.165) is 0 Å². The normalized spacial score (nSPS) is 11.6. The van der Waals surface area contributed by atoms with Gasteiger partial charge >= 0.3 is 0 Å². The van der Waals surface area contributed by atoms with Gasteiger partial charge in [-0.3, -0.25) is 4.79 Å². The van der Waals surface area contributed by atoms with Gasteiger partial charge in [0.1, 0.15) is 52.7 Å². The maximum atomic E-state index is 15.4. The number of rotatable bonds is 9. The molecular weight excluding hydrogens is 879 g/mol. The summed E-state index contributed by atoms with van der Waals surface area (Å²) in [6.45, 7) is 0. The molecule has 0 unspecified atom stereocenters. The monoisotopic (exact) mass is 892 g/mol. The molecule has 0 aromatic heterocycles. The second-order valence-electron chi connectivity index (χ2n) is 11.6. The fourth-order valence-corrected chi connectivity index (χ4v) is 6.70. The lowest BCUT2D eigenvalue weighted by molar-refractivity contribution is 0.102. The van der Waals surface area contributed by atoms with Crippen LogP contribution in [-0.4, -0.2) is 39.8 Å². The molecule has 0 aliphatic carbocycles. The van der Waals surface area contributed by atoms with Gasteiger partial charge in [-0.25, -0.2) is 87.8 Å². The van der Waals surface area contributed by atoms with Crippen molar-refractivity contribution in [3.05, 3.63) is 152 Å². The zero-order chi connectivity index (χ0) is 44.7. The highest BCUT2D eigenvalue weighted by Gasteiger charge is 2.52. The number of benzene rings is 5. The van der Waals surface area contributed by atoms with Crippen molar-refractivity contribution in [2.45, 2.75) is 0 Å². The van der Waals surface area contributed by atoms with E-state index in [0.29, 0.717) is 5.56 Å². The topological polar surface area (TPSA) is 57.5 Å². The van der Waals surface area contributed by atoms with Crippen molar-refractivity contribution in [3.63, 3.8) is 0 Å². The summed E-state index contributed by atoms with van der Waals surface area (Å²) in [7, 11) is -0.607. The molecule has 0 bridgehead atoms. The van der Waals surface area contributed by atoms with Gasteiger partial charge in [-0.15, -0.1) is 21.9 Å². The molecule has 0 fully saturated rings. The number of Topliss-reactive ketones (excluding diaryl/α,β-unsaturated/α-hetero) is 1. The number of ketones is 1. The van der Waals surface area contributed by atoms with Crippen LogP contribution < -0.4 is 21.9 Å². The van der Waals surface area contributed by atoms with Crippen molar-refractivity contribution in [1.29, 1.82) is 0 Å². The van der Waals surface area contributed by atoms with Crippen LogP contribution in [0.2, 0.25) is 0 Å². The van der Waals surface area contributed by atoms with Gasteiger partial charge in [0.15, 0.2) is 75.6 Å². The van der Waals surface area contributed by atoms with Crippen LogP contribution in [0.3, 0.4) is 0 Å². The Bertz CT molecular complexity index is 2100. The van der Waals surface area contributed by atoms with Crippen molar-refractivity contribution >= 4 is 44.7 Å². The average molecular weight is 892 g/mol. The summed E-state index contributed by atoms with van der Waals surface area (Å²) in [6.07, 6.45) is -7.22. The SMILES string of the molecule is Fc1c(F)c(F)c([B-](c2c(F)c(F)c(F)c(F)c2F)(c2c(F)c(F)c(F)c(F)c2F)c2c(F)c(F)c(F)c(F)c2F)c(F)c1F.O=C(C[S+](CO)CO)c1ccccc1. The Morgan fingerprint density at radius 1 is 0.373 bits per heavy atom. The van der Waals surface area contributed by atoms with Gasteiger partial charge in [0, 0.05) is 16.5 Å². The first-order chi connectivity index (χ1) is 27.5. The summed E-state index contributed by atoms with van der Waals surface area (Å²) in [5.41, 5.74) is -13.7. The van der Waals surface area contributed by atoms with Gasteiger partial charge < -0.3 is 10.2 Å². The van der Waals surface area contributed by atoms with Crippen LogP contribution in [-0.2, 0) is 10.9 Å². The van der Waals surface area contributed by atoms with Gasteiger partial charge in [0.05, 0.1) is 0 Å². The average Bonchev–Trinajstić information content (AvgIpc) is 3.23. The number of aliphatic hydroxyl groups excluding tert-OH is 2. The van der Waals surface area contributed by atoms with Crippen molar-refractivity contribution in [2.75, 3.05) is 17.6 Å². The Morgan fingerprint density at radius 2 is 0.576 bits per heavy atom. The van der Waals surface area contributed by atoms with Crippen molar-refractivity contribution < 1.29 is 103 Å². The lowest BCUT2D eigenvalue weighted by atomic mass is 9.12. The van der Waals surface area contributed by atoms with E-state index >= 15 is 35.1 Å². The van der Waals surface area contributed by atoms with Gasteiger partial charge in [0.25, 0.3) is 0 Å². The molecular formula is C34H13BF20O3S. The van der Waals surface area contributed by atoms with E-state index in [9.17, 15) is 57.5 Å². The molecule has 5 aromatic carbocycles. The van der Waals surface area contributed by atoms with Gasteiger partial charge in [0.2, 0.25) is 17.7 Å². The number of hydrogen-bond acceptors (Lipinski definition) is 3. The van der Waals surface area contributed by atoms with Crippen LogP contribution in [0.1, 0.15) is 10.4 Å². The van der Waals surface area contributed by atoms with Crippen molar-refractivity contribution in [2.24, 2.45) is 0 Å². The fraction of sp³-hybridized carbons (Fsp3) is 0.0882. The third kappa shape index (κ3) is 7.47. The molecule has 5 rings (SSSR count). The standard InChI is InChI=1S/C24BF20.C10H13O3S/c26-5-1(6(27)14(35)21(42)13(5)34)25(2-7(28)15(36)22(43)16(37)8(2)29,3-9(30)17(38)23(44)18(39)10(3)31)4-11(32)19(40)24(45)20(41)12(4)33;11-7-14(8-12)6-10(13)9-4-2-1-3-5-9/h;1-5,11-12H,6-8H2/q-1;+1. The highest BCUT2D eigenvalue weighted by molar-refractivity contribution is 7.97. The van der Waals surface area contributed by atoms with E-state index < -0.39 is 155 Å². The second kappa shape index (κ2) is 17.5. The molecule has 0 heterocycles. The highest BCUT2D eigenvalue weighted by Crippen LogP contribution is 2.30. The molecule has 0 atom stereocenters. The second-order valence-corrected chi connectivity index (χ2v) is 13.6. The number of halogens is 20. The zero-order valence-electron chi connectivity index (χ0n) is 27.9. The first kappa shape index (κ1) is 46.4. The molecule has 0 amide bonds. The maximum Gasteiger partial charge on any atom is 0.212 e. The van der Waals surface area contributed by atoms with Gasteiger partial charge in [-0.2, -0.15) is 0 Å². The molecule has 316 valence electrons. The molecule has 59 heavy (non-hydrogen) atoms. The van der Waals surface area contributed by atoms with Crippen LogP contribution in [0.4, 0.5) is 87.8 Å². The molecule has 5 aromatic rings. The third-order valence-electron chi connectivity index (χ3n) is 8.50. The Kier molecular flexibility index (Phi) is 13.8. The third-order valence-corrected chi connectivity index (χ3v) is 9.90. The Morgan fingerprint density at radius 3 is 0.780 bits per heavy atom. The van der Waals surface area contributed by atoms with Crippen LogP contribution >= 0.6 is 0 Å². The Balaban J connectivity index is 0.000000464. The Hall–Kier alpha value is -5.30. The molecule has 0 aliphatic heterocycles. The van der Waals surface area contributed by atoms with Crippen LogP contribution in [0.15, 0.2) is 30.3 Å². The highest BCUT2D eigenvalue weighted by atomic mass is 32.2. The minimum Gasteiger partial charge on any atom is -0.352 e. The van der Waals surface area contributed by atoms with E-state index in [1.165, 1.54) is 0 Å². The molecule has 2 N–H and O–H groups in total. The molecule has 3 nitrogen and oxygen atoms in total. The summed E-state index contributed by atoms with van der Waals surface area (Å²) >= 11 is 0. The fourth-order valence-electron chi connectivity index (χ4n) is 5.90. The van der Waals surface area contributed by atoms with Gasteiger partial charge in [-0.05, 0) is 0 Å². The number of hydrogen-bond donors (Lipinski definition) is 2. The number of aliphatic hydroxyl groups is 2. The number of carbonyl (C=O) groups excluding carboxylic acids is 1. The van der Waals surface area contributed by atoms with E-state index in [1.807, 2.05) is 6.07 Å². The summed E-state index contributed by atoms with van der Waals surface area (Å²) in [4.78, 5) is 11.6. The summed E-state index contributed by atoms with van der Waals surface area (Å²) in [6, 6.07) is 8.90. The summed E-state index contributed by atoms with van der Waals surface area (Å²) in [5, 5.41) is 17.6. The van der Waals surface area contributed by atoms with Crippen LogP contribution in [0, 0.1) is 116 Å². The lowest BCUT2D eigenvalue weighted by Gasteiger charge is -2.44. The minimum atomic E-state index is -7.22. The van der Waals surface area contributed by atoms with E-state index in [1.54, 1.807) is 24.3 Å². The first-order valence-corrected chi connectivity index (χ1v) is 16.9. The largest absolute Gasteiger partial charge is 0.352 e. The van der Waals surface area contributed by atoms with Crippen molar-refractivity contribution in [1.82, 2.24) is 0 Å². The van der Waals surface area contributed by atoms with Crippen LogP contribution in [0.5, 0.6) is 0 Å². The zero-order valence-corrected chi connectivity index (χ0v) is 28.7. The predicted octanol–water partition coefficient (Wildman–Crippen LogP) is 6.23. The van der Waals surface area contributed by atoms with Crippen LogP contribution in [0.25, 0.3) is 0 Å². The van der Waals surface area contributed by atoms with Crippen molar-refractivity contribution in [3.8, 4) is 0 Å². The molecule has 0 saturated heterocycles. The molecule has 0 spiro atoms. The van der Waals surface area contributed by atoms with E-state index in [-0.39, 0.29) is 23.4 Å². The van der Waals surface area contributed by atoms with Gasteiger partial charge in [-0.1, -0.05) is 30.3 Å². The molecule has 25 heteroatoms. The smallest absolute Gasteiger partial charge is 0.212 e. The maximum absolute atomic E-state index is 15.4. The first-order valence-electron chi connectivity index (χ1n) is 15.2. The quantitative estimate of drug-likeness (QED) is 0.0461. The molecule has 0 radical (unpaired) electrons. The minimum absolute atomic E-state index is 0.0305. The molecule has 0 aliphatic rings. The summed E-state index contributed by atoms with van der Waals surface area (Å²) in [5.74, 6) is -71.5. The van der Waals surface area contributed by atoms with E-state index in [4.69, 9.17) is 10.2 Å². The van der Waals surface area contributed by atoms with E-state index in [2.05, 4.69) is 0 Å². The molecule has 0 saturated carbocycles. The summed E-state index contributed by atoms with van der Waals surface area (Å²) < 4.78 is 294. The predicted molar refractivity (Wildman–Crippen MR) is 166 cm³/mol. The number of carbonyl (C=O) groups is 1. The lowest BCUT2D eigenvalue weighted by Crippen LogP contribution is -2.81.